The van der Waals surface area contributed by atoms with Gasteiger partial charge in [-0.15, -0.1) is 0 Å². The van der Waals surface area contributed by atoms with E-state index in [1.807, 2.05) is 18.2 Å². The van der Waals surface area contributed by atoms with E-state index in [4.69, 9.17) is 28.4 Å². The summed E-state index contributed by atoms with van der Waals surface area (Å²) in [6.45, 7) is 9.60. The van der Waals surface area contributed by atoms with E-state index in [0.717, 1.165) is 61.4 Å². The van der Waals surface area contributed by atoms with Gasteiger partial charge >= 0.3 is 0 Å². The van der Waals surface area contributed by atoms with Crippen molar-refractivity contribution in [2.45, 2.75) is 128 Å². The number of rotatable bonds is 12. The summed E-state index contributed by atoms with van der Waals surface area (Å²) < 4.78 is 40.1. The normalized spacial score (nSPS) is 31.7. The average Bonchev–Trinajstić information content (AvgIpc) is 3.46. The van der Waals surface area contributed by atoms with Crippen LogP contribution in [0.25, 0.3) is 0 Å². The van der Waals surface area contributed by atoms with Gasteiger partial charge in [0.05, 0.1) is 13.2 Å². The highest BCUT2D eigenvalue weighted by Crippen LogP contribution is 2.46. The fourth-order valence-corrected chi connectivity index (χ4v) is 6.06. The van der Waals surface area contributed by atoms with Crippen LogP contribution in [0.3, 0.4) is 0 Å². The minimum atomic E-state index is -0.597. The molecular weight excluding hydrogens is 500 g/mol. The van der Waals surface area contributed by atoms with Crippen molar-refractivity contribution in [2.75, 3.05) is 6.61 Å². The van der Waals surface area contributed by atoms with Crippen molar-refractivity contribution in [3.05, 3.63) is 34.3 Å². The van der Waals surface area contributed by atoms with Crippen molar-refractivity contribution in [3.8, 4) is 0 Å². The van der Waals surface area contributed by atoms with Crippen LogP contribution in [-0.4, -0.2) is 48.9 Å². The first-order valence-electron chi connectivity index (χ1n) is 13.2. The zero-order valence-electron chi connectivity index (χ0n) is 21.1. The van der Waals surface area contributed by atoms with E-state index >= 15 is 0 Å². The summed E-state index contributed by atoms with van der Waals surface area (Å²) in [5.41, 5.74) is 1.09. The van der Waals surface area contributed by atoms with E-state index in [2.05, 4.69) is 49.7 Å². The van der Waals surface area contributed by atoms with Crippen LogP contribution >= 0.6 is 15.9 Å². The van der Waals surface area contributed by atoms with E-state index in [1.165, 1.54) is 0 Å². The Morgan fingerprint density at radius 2 is 1.50 bits per heavy atom. The largest absolute Gasteiger partial charge is 0.368 e. The Labute approximate surface area is 213 Å². The van der Waals surface area contributed by atoms with Crippen molar-refractivity contribution in [3.63, 3.8) is 0 Å². The van der Waals surface area contributed by atoms with E-state index in [1.54, 1.807) is 0 Å². The molecule has 3 aliphatic heterocycles. The zero-order valence-corrected chi connectivity index (χ0v) is 22.7. The third-order valence-electron chi connectivity index (χ3n) is 7.04. The Morgan fingerprint density at radius 1 is 0.853 bits per heavy atom. The predicted octanol–water partition coefficient (Wildman–Crippen LogP) is 6.48. The molecule has 0 aromatic heterocycles. The van der Waals surface area contributed by atoms with Crippen LogP contribution < -0.4 is 0 Å². The highest BCUT2D eigenvalue weighted by Gasteiger charge is 2.61. The molecule has 0 bridgehead atoms. The van der Waals surface area contributed by atoms with Crippen molar-refractivity contribution >= 4 is 15.9 Å². The number of hydrogen-bond acceptors (Lipinski definition) is 6. The van der Waals surface area contributed by atoms with E-state index in [-0.39, 0.29) is 24.4 Å². The average molecular weight is 542 g/mol. The fraction of sp³-hybridized carbons (Fsp3) is 0.778. The van der Waals surface area contributed by atoms with Crippen LogP contribution in [0.2, 0.25) is 0 Å². The summed E-state index contributed by atoms with van der Waals surface area (Å²) in [7, 11) is 0. The molecule has 3 aliphatic rings. The van der Waals surface area contributed by atoms with Gasteiger partial charge in [0.15, 0.2) is 17.9 Å². The molecule has 0 saturated carbocycles. The van der Waals surface area contributed by atoms with Gasteiger partial charge in [-0.1, -0.05) is 87.5 Å². The maximum atomic E-state index is 6.64. The van der Waals surface area contributed by atoms with Crippen molar-refractivity contribution in [1.29, 1.82) is 0 Å². The highest BCUT2D eigenvalue weighted by atomic mass is 79.9. The van der Waals surface area contributed by atoms with Gasteiger partial charge in [-0.25, -0.2) is 0 Å². The monoisotopic (exact) mass is 540 g/mol. The lowest BCUT2D eigenvalue weighted by atomic mass is 10.0. The smallest absolute Gasteiger partial charge is 0.190 e. The summed E-state index contributed by atoms with van der Waals surface area (Å²) in [4.78, 5) is 0. The standard InChI is InChI=1S/C27H41BrO6/c1-5-13-26(14-6-2)30-18-21(32-26)22-23(29-17-19-11-9-10-12-20(19)28)24-25(31-22)34-27(33-24,15-7-3)16-8-4/h9-12,21-25H,5-8,13-18H2,1-4H3/t21-,22-,23+,24-,25-/m1/s1. The molecule has 6 nitrogen and oxygen atoms in total. The summed E-state index contributed by atoms with van der Waals surface area (Å²) in [6.07, 6.45) is 5.86. The fourth-order valence-electron chi connectivity index (χ4n) is 5.66. The lowest BCUT2D eigenvalue weighted by Gasteiger charge is -2.33. The second kappa shape index (κ2) is 11.7. The summed E-state index contributed by atoms with van der Waals surface area (Å²) in [5, 5.41) is 0. The molecule has 34 heavy (non-hydrogen) atoms. The second-order valence-corrected chi connectivity index (χ2v) is 10.7. The van der Waals surface area contributed by atoms with Gasteiger partial charge in [0.25, 0.3) is 0 Å². The van der Waals surface area contributed by atoms with Gasteiger partial charge in [0, 0.05) is 30.2 Å². The summed E-state index contributed by atoms with van der Waals surface area (Å²) >= 11 is 3.64. The molecule has 0 spiro atoms. The van der Waals surface area contributed by atoms with Crippen LogP contribution in [0.1, 0.15) is 84.6 Å². The number of halogens is 1. The van der Waals surface area contributed by atoms with Gasteiger partial charge in [-0.2, -0.15) is 0 Å². The molecule has 1 aromatic carbocycles. The quantitative estimate of drug-likeness (QED) is 0.302. The van der Waals surface area contributed by atoms with Gasteiger partial charge in [0.1, 0.15) is 24.4 Å². The van der Waals surface area contributed by atoms with E-state index in [9.17, 15) is 0 Å². The molecular formula is C27H41BrO6. The maximum absolute atomic E-state index is 6.64. The molecule has 4 rings (SSSR count). The Balaban J connectivity index is 1.53. The lowest BCUT2D eigenvalue weighted by Crippen LogP contribution is -2.45. The Bertz CT molecular complexity index is 776. The van der Waals surface area contributed by atoms with Crippen LogP contribution in [0.4, 0.5) is 0 Å². The van der Waals surface area contributed by atoms with E-state index in [0.29, 0.717) is 13.2 Å². The third kappa shape index (κ3) is 5.56. The number of benzene rings is 1. The molecule has 0 amide bonds. The van der Waals surface area contributed by atoms with Gasteiger partial charge in [0.2, 0.25) is 0 Å². The maximum Gasteiger partial charge on any atom is 0.190 e. The topological polar surface area (TPSA) is 55.4 Å². The molecule has 3 saturated heterocycles. The first-order chi connectivity index (χ1) is 16.5. The van der Waals surface area contributed by atoms with Crippen molar-refractivity contribution in [1.82, 2.24) is 0 Å². The van der Waals surface area contributed by atoms with Crippen molar-refractivity contribution < 1.29 is 28.4 Å². The Morgan fingerprint density at radius 3 is 2.15 bits per heavy atom. The summed E-state index contributed by atoms with van der Waals surface area (Å²) in [6, 6.07) is 8.13. The molecule has 0 N–H and O–H groups in total. The molecule has 5 atom stereocenters. The molecule has 0 aliphatic carbocycles. The van der Waals surface area contributed by atoms with Crippen molar-refractivity contribution in [2.24, 2.45) is 0 Å². The lowest BCUT2D eigenvalue weighted by molar-refractivity contribution is -0.258. The first kappa shape index (κ1) is 26.5. The molecule has 1 aromatic rings. The number of hydrogen-bond donors (Lipinski definition) is 0. The zero-order chi connectivity index (χ0) is 24.2. The van der Waals surface area contributed by atoms with Crippen LogP contribution in [-0.2, 0) is 35.0 Å². The van der Waals surface area contributed by atoms with Gasteiger partial charge in [-0.3, -0.25) is 0 Å². The Hall–Kier alpha value is -0.540. The van der Waals surface area contributed by atoms with Crippen LogP contribution in [0, 0.1) is 0 Å². The summed E-state index contributed by atoms with van der Waals surface area (Å²) in [5.74, 6) is -1.13. The molecule has 3 heterocycles. The molecule has 0 radical (unpaired) electrons. The highest BCUT2D eigenvalue weighted by molar-refractivity contribution is 9.10. The van der Waals surface area contributed by atoms with Gasteiger partial charge < -0.3 is 28.4 Å². The Kier molecular flexibility index (Phi) is 9.11. The van der Waals surface area contributed by atoms with E-state index < -0.39 is 17.9 Å². The number of fused-ring (bicyclic) bond motifs is 1. The molecule has 0 unspecified atom stereocenters. The predicted molar refractivity (Wildman–Crippen MR) is 133 cm³/mol. The third-order valence-corrected chi connectivity index (χ3v) is 7.82. The minimum absolute atomic E-state index is 0.216. The van der Waals surface area contributed by atoms with Crippen LogP contribution in [0.15, 0.2) is 28.7 Å². The minimum Gasteiger partial charge on any atom is -0.368 e. The number of ether oxygens (including phenoxy) is 6. The second-order valence-electron chi connectivity index (χ2n) is 9.83. The molecule has 192 valence electrons. The SMILES string of the molecule is CCCC1(CCC)O[C@H]2O[C@H]([C@H]3COC(CCC)(CCC)O3)[C@H](OCc3ccccc3Br)[C@H]2O1. The van der Waals surface area contributed by atoms with Crippen LogP contribution in [0.5, 0.6) is 0 Å². The molecule has 7 heteroatoms. The molecule has 3 fully saturated rings. The van der Waals surface area contributed by atoms with Gasteiger partial charge in [-0.05, 0) is 11.6 Å². The first-order valence-corrected chi connectivity index (χ1v) is 14.0.